The van der Waals surface area contributed by atoms with Gasteiger partial charge in [0.2, 0.25) is 0 Å². The summed E-state index contributed by atoms with van der Waals surface area (Å²) >= 11 is 0. The van der Waals surface area contributed by atoms with Crippen molar-refractivity contribution in [2.45, 2.75) is 405 Å². The first-order valence-electron chi connectivity index (χ1n) is 42.6. The summed E-state index contributed by atoms with van der Waals surface area (Å²) in [7, 11) is 1.18. The molecule has 0 N–H and O–H groups in total. The molecule has 0 bridgehead atoms. The lowest BCUT2D eigenvalue weighted by atomic mass is 10.0. The maximum absolute atomic E-state index is 12.9. The van der Waals surface area contributed by atoms with Gasteiger partial charge in [-0.1, -0.05) is 393 Å². The van der Waals surface area contributed by atoms with E-state index in [1.54, 1.807) is 0 Å². The molecule has 0 aliphatic heterocycles. The minimum absolute atomic E-state index is 0.0312. The van der Waals surface area contributed by atoms with Gasteiger partial charge in [0, 0.05) is 12.8 Å². The molecule has 0 saturated heterocycles. The molecule has 0 aliphatic carbocycles. The fourth-order valence-electron chi connectivity index (χ4n) is 12.3. The molecule has 0 aromatic carbocycles. The lowest BCUT2D eigenvalue weighted by Crippen LogP contribution is -2.37. The van der Waals surface area contributed by atoms with Crippen molar-refractivity contribution in [3.05, 3.63) is 109 Å². The van der Waals surface area contributed by atoms with Crippen molar-refractivity contribution in [3.8, 4) is 0 Å². The molecule has 9 nitrogen and oxygen atoms in total. The largest absolute Gasteiger partial charge is 0.756 e. The van der Waals surface area contributed by atoms with Gasteiger partial charge in [0.25, 0.3) is 7.82 Å². The van der Waals surface area contributed by atoms with Crippen molar-refractivity contribution in [2.24, 2.45) is 0 Å². The second-order valence-corrected chi connectivity index (χ2v) is 31.2. The molecule has 0 aromatic rings. The zero-order valence-electron chi connectivity index (χ0n) is 66.4. The number of allylic oxidation sites excluding steroid dienone is 18. The molecule has 100 heavy (non-hydrogen) atoms. The number of carbonyl (C=O) groups is 2. The Morgan fingerprint density at radius 1 is 0.320 bits per heavy atom. The molecule has 0 aliphatic rings. The van der Waals surface area contributed by atoms with Gasteiger partial charge in [-0.25, -0.2) is 0 Å². The average Bonchev–Trinajstić information content (AvgIpc) is 1.07. The normalized spacial score (nSPS) is 13.5. The number of quaternary nitrogens is 1. The molecule has 0 rings (SSSR count). The molecule has 0 saturated carbocycles. The Hall–Kier alpha value is -3.33. The molecule has 0 fully saturated rings. The molecule has 10 heteroatoms. The van der Waals surface area contributed by atoms with Gasteiger partial charge in [0.05, 0.1) is 27.7 Å². The number of nitrogens with zero attached hydrogens (tertiary/aromatic N) is 1. The number of rotatable bonds is 79. The van der Waals surface area contributed by atoms with Crippen LogP contribution in [0.15, 0.2) is 109 Å². The number of phosphoric ester groups is 1. The molecule has 0 heterocycles. The highest BCUT2D eigenvalue weighted by Crippen LogP contribution is 2.38. The predicted molar refractivity (Wildman–Crippen MR) is 434 cm³/mol. The molecular weight excluding hydrogens is 1250 g/mol. The fraction of sp³-hybridized carbons (Fsp3) is 0.778. The number of likely N-dealkylation sites (N-methyl/N-ethyl adjacent to an activating group) is 1. The maximum Gasteiger partial charge on any atom is 0.306 e. The highest BCUT2D eigenvalue weighted by atomic mass is 31.2. The second-order valence-electron chi connectivity index (χ2n) is 29.8. The lowest BCUT2D eigenvalue weighted by molar-refractivity contribution is -0.870. The molecule has 580 valence electrons. The van der Waals surface area contributed by atoms with Crippen LogP contribution in [0.25, 0.3) is 0 Å². The number of esters is 2. The number of hydrogen-bond acceptors (Lipinski definition) is 8. The van der Waals surface area contributed by atoms with E-state index >= 15 is 0 Å². The van der Waals surface area contributed by atoms with Crippen LogP contribution >= 0.6 is 7.82 Å². The van der Waals surface area contributed by atoms with E-state index in [0.717, 1.165) is 89.9 Å². The first-order valence-corrected chi connectivity index (χ1v) is 44.1. The van der Waals surface area contributed by atoms with Crippen molar-refractivity contribution >= 4 is 19.8 Å². The summed E-state index contributed by atoms with van der Waals surface area (Å²) < 4.78 is 34.5. The minimum Gasteiger partial charge on any atom is -0.756 e. The molecular formula is C90H162NO8P. The Bertz CT molecular complexity index is 2060. The number of ether oxygens (including phenoxy) is 2. The zero-order chi connectivity index (χ0) is 72.5. The second kappa shape index (κ2) is 79.8. The number of hydrogen-bond donors (Lipinski definition) is 0. The Balaban J connectivity index is 3.92. The summed E-state index contributed by atoms with van der Waals surface area (Å²) in [6, 6.07) is 0. The van der Waals surface area contributed by atoms with E-state index in [4.69, 9.17) is 18.5 Å². The van der Waals surface area contributed by atoms with Crippen molar-refractivity contribution in [3.63, 3.8) is 0 Å². The number of carbonyl (C=O) groups excluding carboxylic acids is 2. The Labute approximate surface area is 620 Å². The summed E-state index contributed by atoms with van der Waals surface area (Å²) in [6.45, 7) is 4.17. The van der Waals surface area contributed by atoms with E-state index in [2.05, 4.69) is 123 Å². The Kier molecular flexibility index (Phi) is 77.1. The van der Waals surface area contributed by atoms with Crippen LogP contribution in [-0.2, 0) is 32.7 Å². The predicted octanol–water partition coefficient (Wildman–Crippen LogP) is 28.1. The van der Waals surface area contributed by atoms with E-state index in [0.29, 0.717) is 17.4 Å². The zero-order valence-corrected chi connectivity index (χ0v) is 67.3. The molecule has 2 unspecified atom stereocenters. The van der Waals surface area contributed by atoms with E-state index in [1.807, 2.05) is 21.1 Å². The number of unbranched alkanes of at least 4 members (excludes halogenated alkanes) is 47. The van der Waals surface area contributed by atoms with Crippen LogP contribution in [0.1, 0.15) is 399 Å². The van der Waals surface area contributed by atoms with Gasteiger partial charge >= 0.3 is 11.9 Å². The molecule has 0 amide bonds. The Morgan fingerprint density at radius 2 is 0.570 bits per heavy atom. The van der Waals surface area contributed by atoms with E-state index < -0.39 is 26.5 Å². The summed E-state index contributed by atoms with van der Waals surface area (Å²) in [5, 5.41) is 0. The first-order chi connectivity index (χ1) is 49.0. The minimum atomic E-state index is -4.65. The highest BCUT2D eigenvalue weighted by molar-refractivity contribution is 7.45. The van der Waals surface area contributed by atoms with Gasteiger partial charge < -0.3 is 27.9 Å². The topological polar surface area (TPSA) is 111 Å². The van der Waals surface area contributed by atoms with Gasteiger partial charge in [-0.05, 0) is 103 Å². The maximum atomic E-state index is 12.9. The van der Waals surface area contributed by atoms with Gasteiger partial charge in [0.1, 0.15) is 19.8 Å². The third kappa shape index (κ3) is 83.6. The summed E-state index contributed by atoms with van der Waals surface area (Å²) in [6.07, 6.45) is 114. The van der Waals surface area contributed by atoms with E-state index in [9.17, 15) is 19.0 Å². The third-order valence-corrected chi connectivity index (χ3v) is 19.7. The van der Waals surface area contributed by atoms with Gasteiger partial charge in [-0.2, -0.15) is 0 Å². The van der Waals surface area contributed by atoms with Gasteiger partial charge in [-0.3, -0.25) is 14.2 Å². The molecule has 0 radical (unpaired) electrons. The highest BCUT2D eigenvalue weighted by Gasteiger charge is 2.22. The van der Waals surface area contributed by atoms with Crippen LogP contribution in [0.2, 0.25) is 0 Å². The van der Waals surface area contributed by atoms with Crippen LogP contribution in [0.5, 0.6) is 0 Å². The van der Waals surface area contributed by atoms with Crippen molar-refractivity contribution in [1.29, 1.82) is 0 Å². The smallest absolute Gasteiger partial charge is 0.306 e. The van der Waals surface area contributed by atoms with Crippen LogP contribution in [0, 0.1) is 0 Å². The SMILES string of the molecule is CC/C=C\C/C=C\C/C=C\C/C=C\C/C=C\C/C=C\C/C=C\CCCCCCCCCCCCCCCCCCCC(=O)OC(COC(=O)CCCCCCCCCCCCCCCCCCCCCCCCCCC/C=C\C/C=C\CCCCCCC)COP(=O)([O-])OCC[N+](C)(C)C. The Morgan fingerprint density at radius 3 is 0.850 bits per heavy atom. The number of phosphoric acid groups is 1. The summed E-state index contributed by atoms with van der Waals surface area (Å²) in [5.74, 6) is -0.816. The molecule has 0 aromatic heterocycles. The standard InChI is InChI=1S/C90H162NO8P/c1-6-8-10-12-14-16-18-20-22-24-26-28-30-32-34-36-38-40-42-44-45-47-49-51-53-55-57-59-61-63-65-67-69-71-73-75-77-79-81-83-90(93)99-88(87-98-100(94,95)97-85-84-91(3,4)5)86-96-89(92)82-80-78-76-74-72-70-68-66-64-62-60-58-56-54-52-50-48-46-43-41-39-37-35-33-31-29-27-25-23-21-19-17-15-13-11-9-7-2/h8,10,14,16,19-22,25-28,32,34,38,40,44-45,88H,6-7,9,11-13,15,17-18,23-24,29-31,33,35-37,39,41-43,46-87H2,1-5H3/b10-8-,16-14-,21-19-,22-20-,27-25-,28-26-,34-32-,40-38-,45-44-. The van der Waals surface area contributed by atoms with Crippen LogP contribution in [0.3, 0.4) is 0 Å². The molecule has 0 spiro atoms. The van der Waals surface area contributed by atoms with Crippen molar-refractivity contribution in [2.75, 3.05) is 47.5 Å². The van der Waals surface area contributed by atoms with Gasteiger partial charge in [-0.15, -0.1) is 0 Å². The van der Waals surface area contributed by atoms with E-state index in [-0.39, 0.29) is 32.0 Å². The van der Waals surface area contributed by atoms with Gasteiger partial charge in [0.15, 0.2) is 6.10 Å². The molecule has 2 atom stereocenters. The van der Waals surface area contributed by atoms with Crippen molar-refractivity contribution < 1.29 is 42.1 Å². The third-order valence-electron chi connectivity index (χ3n) is 18.8. The fourth-order valence-corrected chi connectivity index (χ4v) is 13.0. The first kappa shape index (κ1) is 96.7. The van der Waals surface area contributed by atoms with Crippen LogP contribution in [0.4, 0.5) is 0 Å². The summed E-state index contributed by atoms with van der Waals surface area (Å²) in [4.78, 5) is 38.2. The van der Waals surface area contributed by atoms with Crippen molar-refractivity contribution in [1.82, 2.24) is 0 Å². The van der Waals surface area contributed by atoms with E-state index in [1.165, 1.54) is 276 Å². The quantitative estimate of drug-likeness (QED) is 0.0195. The van der Waals surface area contributed by atoms with Crippen LogP contribution in [-0.4, -0.2) is 70.0 Å². The lowest BCUT2D eigenvalue weighted by Gasteiger charge is -2.28. The summed E-state index contributed by atoms with van der Waals surface area (Å²) in [5.41, 5.74) is 0. The monoisotopic (exact) mass is 1420 g/mol. The average molecular weight is 1420 g/mol. The van der Waals surface area contributed by atoms with Crippen LogP contribution < -0.4 is 4.89 Å².